The van der Waals surface area contributed by atoms with Crippen molar-refractivity contribution < 1.29 is 4.39 Å². The molecule has 0 radical (unpaired) electrons. The fourth-order valence-electron chi connectivity index (χ4n) is 1.80. The first-order valence-electron chi connectivity index (χ1n) is 5.71. The lowest BCUT2D eigenvalue weighted by Gasteiger charge is -2.10. The average Bonchev–Trinajstić information content (AvgIpc) is 2.32. The molecule has 0 bridgehead atoms. The lowest BCUT2D eigenvalue weighted by Crippen LogP contribution is -2.03. The SMILES string of the molecule is Cc1ccc(F)c(CNc2ccccc2C)c1. The van der Waals surface area contributed by atoms with Crippen LogP contribution in [0.4, 0.5) is 10.1 Å². The molecule has 88 valence electrons. The first kappa shape index (κ1) is 11.6. The minimum absolute atomic E-state index is 0.156. The lowest BCUT2D eigenvalue weighted by molar-refractivity contribution is 0.612. The van der Waals surface area contributed by atoms with E-state index in [2.05, 4.69) is 5.32 Å². The Balaban J connectivity index is 2.12. The minimum Gasteiger partial charge on any atom is -0.381 e. The number of aryl methyl sites for hydroxylation is 2. The van der Waals surface area contributed by atoms with Crippen molar-refractivity contribution in [3.8, 4) is 0 Å². The third kappa shape index (κ3) is 2.84. The summed E-state index contributed by atoms with van der Waals surface area (Å²) < 4.78 is 13.5. The van der Waals surface area contributed by atoms with E-state index in [1.165, 1.54) is 11.6 Å². The molecule has 0 unspecified atom stereocenters. The number of rotatable bonds is 3. The van der Waals surface area contributed by atoms with Gasteiger partial charge in [0, 0.05) is 17.8 Å². The van der Waals surface area contributed by atoms with Crippen LogP contribution in [0.5, 0.6) is 0 Å². The number of hydrogen-bond donors (Lipinski definition) is 1. The Morgan fingerprint density at radius 2 is 1.82 bits per heavy atom. The van der Waals surface area contributed by atoms with Gasteiger partial charge in [0.15, 0.2) is 0 Å². The molecule has 0 amide bonds. The topological polar surface area (TPSA) is 12.0 Å². The number of hydrogen-bond acceptors (Lipinski definition) is 1. The number of halogens is 1. The van der Waals surface area contributed by atoms with Gasteiger partial charge in [-0.2, -0.15) is 0 Å². The highest BCUT2D eigenvalue weighted by Crippen LogP contribution is 2.16. The van der Waals surface area contributed by atoms with Crippen LogP contribution in [0.2, 0.25) is 0 Å². The zero-order valence-corrected chi connectivity index (χ0v) is 10.1. The quantitative estimate of drug-likeness (QED) is 0.837. The molecular formula is C15H16FN. The third-order valence-electron chi connectivity index (χ3n) is 2.82. The van der Waals surface area contributed by atoms with Gasteiger partial charge in [-0.05, 0) is 31.5 Å². The van der Waals surface area contributed by atoms with Crippen molar-refractivity contribution in [2.24, 2.45) is 0 Å². The summed E-state index contributed by atoms with van der Waals surface area (Å²) in [6.45, 7) is 4.52. The van der Waals surface area contributed by atoms with Gasteiger partial charge in [-0.25, -0.2) is 4.39 Å². The molecule has 2 heteroatoms. The van der Waals surface area contributed by atoms with E-state index < -0.39 is 0 Å². The molecule has 17 heavy (non-hydrogen) atoms. The van der Waals surface area contributed by atoms with Crippen LogP contribution in [-0.4, -0.2) is 0 Å². The fourth-order valence-corrected chi connectivity index (χ4v) is 1.80. The van der Waals surface area contributed by atoms with E-state index in [0.717, 1.165) is 11.3 Å². The molecule has 0 aliphatic heterocycles. The summed E-state index contributed by atoms with van der Waals surface area (Å²) in [6, 6.07) is 13.2. The molecule has 0 saturated carbocycles. The molecule has 0 aliphatic rings. The monoisotopic (exact) mass is 229 g/mol. The molecule has 1 N–H and O–H groups in total. The van der Waals surface area contributed by atoms with Gasteiger partial charge >= 0.3 is 0 Å². The van der Waals surface area contributed by atoms with Crippen molar-refractivity contribution in [1.82, 2.24) is 0 Å². The van der Waals surface area contributed by atoms with E-state index in [1.807, 2.05) is 44.2 Å². The Labute approximate surface area is 101 Å². The zero-order chi connectivity index (χ0) is 12.3. The molecule has 0 spiro atoms. The van der Waals surface area contributed by atoms with E-state index in [1.54, 1.807) is 6.07 Å². The van der Waals surface area contributed by atoms with Crippen molar-refractivity contribution >= 4 is 5.69 Å². The molecule has 0 saturated heterocycles. The summed E-state index contributed by atoms with van der Waals surface area (Å²) in [6.07, 6.45) is 0. The molecule has 0 heterocycles. The van der Waals surface area contributed by atoms with Gasteiger partial charge in [-0.3, -0.25) is 0 Å². The summed E-state index contributed by atoms with van der Waals surface area (Å²) in [4.78, 5) is 0. The molecular weight excluding hydrogens is 213 g/mol. The van der Waals surface area contributed by atoms with Crippen molar-refractivity contribution in [3.05, 3.63) is 65.0 Å². The van der Waals surface area contributed by atoms with Crippen LogP contribution in [0.3, 0.4) is 0 Å². The van der Waals surface area contributed by atoms with Crippen molar-refractivity contribution in [2.45, 2.75) is 20.4 Å². The van der Waals surface area contributed by atoms with Gasteiger partial charge in [0.1, 0.15) is 5.82 Å². The molecule has 0 atom stereocenters. The van der Waals surface area contributed by atoms with Crippen LogP contribution in [0, 0.1) is 19.7 Å². The minimum atomic E-state index is -0.156. The Morgan fingerprint density at radius 1 is 1.06 bits per heavy atom. The number of benzene rings is 2. The Hall–Kier alpha value is -1.83. The van der Waals surface area contributed by atoms with Crippen LogP contribution in [0.1, 0.15) is 16.7 Å². The second-order valence-electron chi connectivity index (χ2n) is 4.26. The lowest BCUT2D eigenvalue weighted by atomic mass is 10.1. The zero-order valence-electron chi connectivity index (χ0n) is 10.1. The van der Waals surface area contributed by atoms with Gasteiger partial charge in [0.25, 0.3) is 0 Å². The molecule has 1 nitrogen and oxygen atoms in total. The van der Waals surface area contributed by atoms with Crippen LogP contribution in [0.15, 0.2) is 42.5 Å². The highest BCUT2D eigenvalue weighted by Gasteiger charge is 2.02. The highest BCUT2D eigenvalue weighted by atomic mass is 19.1. The summed E-state index contributed by atoms with van der Waals surface area (Å²) in [5.74, 6) is -0.156. The molecule has 2 rings (SSSR count). The van der Waals surface area contributed by atoms with Crippen molar-refractivity contribution in [3.63, 3.8) is 0 Å². The molecule has 2 aromatic carbocycles. The van der Waals surface area contributed by atoms with Crippen molar-refractivity contribution in [1.29, 1.82) is 0 Å². The molecule has 0 aromatic heterocycles. The maximum atomic E-state index is 13.5. The summed E-state index contributed by atoms with van der Waals surface area (Å²) >= 11 is 0. The third-order valence-corrected chi connectivity index (χ3v) is 2.82. The van der Waals surface area contributed by atoms with E-state index >= 15 is 0 Å². The predicted molar refractivity (Wildman–Crippen MR) is 69.6 cm³/mol. The predicted octanol–water partition coefficient (Wildman–Crippen LogP) is 4.05. The second-order valence-corrected chi connectivity index (χ2v) is 4.26. The largest absolute Gasteiger partial charge is 0.381 e. The molecule has 0 fully saturated rings. The summed E-state index contributed by atoms with van der Waals surface area (Å²) in [7, 11) is 0. The number of nitrogens with one attached hydrogen (secondary N) is 1. The maximum absolute atomic E-state index is 13.5. The van der Waals surface area contributed by atoms with E-state index in [0.29, 0.717) is 12.1 Å². The van der Waals surface area contributed by atoms with Gasteiger partial charge in [0.05, 0.1) is 0 Å². The standard InChI is InChI=1S/C15H16FN/c1-11-7-8-14(16)13(9-11)10-17-15-6-4-3-5-12(15)2/h3-9,17H,10H2,1-2H3. The maximum Gasteiger partial charge on any atom is 0.128 e. The van der Waals surface area contributed by atoms with E-state index in [-0.39, 0.29) is 5.82 Å². The van der Waals surface area contributed by atoms with Gasteiger partial charge in [-0.15, -0.1) is 0 Å². The number of anilines is 1. The average molecular weight is 229 g/mol. The number of para-hydroxylation sites is 1. The van der Waals surface area contributed by atoms with Crippen LogP contribution in [0.25, 0.3) is 0 Å². The van der Waals surface area contributed by atoms with Gasteiger partial charge in [-0.1, -0.05) is 35.9 Å². The van der Waals surface area contributed by atoms with E-state index in [4.69, 9.17) is 0 Å². The van der Waals surface area contributed by atoms with Crippen molar-refractivity contribution in [2.75, 3.05) is 5.32 Å². The fraction of sp³-hybridized carbons (Fsp3) is 0.200. The van der Waals surface area contributed by atoms with Crippen LogP contribution >= 0.6 is 0 Å². The summed E-state index contributed by atoms with van der Waals surface area (Å²) in [5.41, 5.74) is 4.00. The Kier molecular flexibility index (Phi) is 3.43. The normalized spacial score (nSPS) is 10.3. The van der Waals surface area contributed by atoms with Crippen LogP contribution < -0.4 is 5.32 Å². The molecule has 0 aliphatic carbocycles. The smallest absolute Gasteiger partial charge is 0.128 e. The second kappa shape index (κ2) is 5.00. The summed E-state index contributed by atoms with van der Waals surface area (Å²) in [5, 5.41) is 3.26. The first-order valence-corrected chi connectivity index (χ1v) is 5.71. The highest BCUT2D eigenvalue weighted by molar-refractivity contribution is 5.50. The Bertz CT molecular complexity index is 520. The molecule has 2 aromatic rings. The van der Waals surface area contributed by atoms with Crippen LogP contribution in [-0.2, 0) is 6.54 Å². The first-order chi connectivity index (χ1) is 8.16. The Morgan fingerprint density at radius 3 is 2.59 bits per heavy atom. The van der Waals surface area contributed by atoms with Gasteiger partial charge in [0.2, 0.25) is 0 Å². The van der Waals surface area contributed by atoms with E-state index in [9.17, 15) is 4.39 Å². The van der Waals surface area contributed by atoms with Gasteiger partial charge < -0.3 is 5.32 Å².